The van der Waals surface area contributed by atoms with Crippen molar-refractivity contribution in [3.63, 3.8) is 0 Å². The first kappa shape index (κ1) is 13.5. The quantitative estimate of drug-likeness (QED) is 0.801. The van der Waals surface area contributed by atoms with Gasteiger partial charge in [0.25, 0.3) is 0 Å². The van der Waals surface area contributed by atoms with Crippen LogP contribution in [0.1, 0.15) is 13.3 Å². The Labute approximate surface area is 110 Å². The highest BCUT2D eigenvalue weighted by Crippen LogP contribution is 2.32. The van der Waals surface area contributed by atoms with E-state index in [1.807, 2.05) is 6.92 Å². The third-order valence-electron chi connectivity index (χ3n) is 3.23. The van der Waals surface area contributed by atoms with E-state index in [9.17, 15) is 14.7 Å². The highest BCUT2D eigenvalue weighted by Gasteiger charge is 2.42. The number of rotatable bonds is 2. The summed E-state index contributed by atoms with van der Waals surface area (Å²) in [6, 6.07) is -0.863. The lowest BCUT2D eigenvalue weighted by Gasteiger charge is -2.34. The average molecular weight is 274 g/mol. The zero-order valence-electron chi connectivity index (χ0n) is 10.4. The van der Waals surface area contributed by atoms with Crippen LogP contribution in [0, 0.1) is 0 Å². The van der Waals surface area contributed by atoms with Crippen molar-refractivity contribution in [3.8, 4) is 0 Å². The topological polar surface area (TPSA) is 70.1 Å². The normalized spacial score (nSPS) is 28.5. The molecule has 0 aromatic carbocycles. The van der Waals surface area contributed by atoms with Gasteiger partial charge < -0.3 is 14.7 Å². The summed E-state index contributed by atoms with van der Waals surface area (Å²) in [6.07, 6.45) is 0.768. The van der Waals surface area contributed by atoms with Gasteiger partial charge in [0.2, 0.25) is 0 Å². The number of carboxylic acids is 1. The van der Waals surface area contributed by atoms with Gasteiger partial charge in [-0.3, -0.25) is 4.90 Å². The average Bonchev–Trinajstić information content (AvgIpc) is 2.82. The van der Waals surface area contributed by atoms with Crippen LogP contribution in [-0.4, -0.2) is 70.4 Å². The number of thioether (sulfide) groups is 1. The summed E-state index contributed by atoms with van der Waals surface area (Å²) in [7, 11) is 0. The van der Waals surface area contributed by atoms with Crippen molar-refractivity contribution in [3.05, 3.63) is 0 Å². The highest BCUT2D eigenvalue weighted by atomic mass is 32.2. The van der Waals surface area contributed by atoms with Crippen LogP contribution < -0.4 is 0 Å². The zero-order chi connectivity index (χ0) is 13.1. The van der Waals surface area contributed by atoms with Gasteiger partial charge in [0.1, 0.15) is 6.04 Å². The van der Waals surface area contributed by atoms with Crippen molar-refractivity contribution in [1.29, 1.82) is 0 Å². The standard InChI is InChI=1S/C11H18N2O4S/c1-2-9-13(8(7-18-9)10(14)15)11(16)12-3-5-17-6-4-12/h8-9H,2-7H2,1H3,(H,14,15). The molecule has 0 aromatic heterocycles. The lowest BCUT2D eigenvalue weighted by molar-refractivity contribution is -0.141. The number of carbonyl (C=O) groups is 2. The maximum absolute atomic E-state index is 12.4. The summed E-state index contributed by atoms with van der Waals surface area (Å²) in [5.41, 5.74) is 0. The Hall–Kier alpha value is -0.950. The molecule has 102 valence electrons. The molecule has 6 nitrogen and oxygen atoms in total. The monoisotopic (exact) mass is 274 g/mol. The van der Waals surface area contributed by atoms with Gasteiger partial charge in [0.05, 0.1) is 18.6 Å². The fourth-order valence-electron chi connectivity index (χ4n) is 2.24. The van der Waals surface area contributed by atoms with Crippen LogP contribution in [-0.2, 0) is 9.53 Å². The summed E-state index contributed by atoms with van der Waals surface area (Å²) in [4.78, 5) is 26.8. The van der Waals surface area contributed by atoms with Crippen molar-refractivity contribution in [1.82, 2.24) is 9.80 Å². The zero-order valence-corrected chi connectivity index (χ0v) is 11.2. The van der Waals surface area contributed by atoms with E-state index in [1.165, 1.54) is 4.90 Å². The molecule has 2 aliphatic heterocycles. The van der Waals surface area contributed by atoms with Crippen LogP contribution in [0.3, 0.4) is 0 Å². The Kier molecular flexibility index (Phi) is 4.34. The van der Waals surface area contributed by atoms with E-state index in [-0.39, 0.29) is 11.4 Å². The molecular formula is C11H18N2O4S. The minimum Gasteiger partial charge on any atom is -0.480 e. The molecule has 2 saturated heterocycles. The summed E-state index contributed by atoms with van der Waals surface area (Å²) in [5, 5.41) is 9.17. The van der Waals surface area contributed by atoms with Gasteiger partial charge >= 0.3 is 12.0 Å². The van der Waals surface area contributed by atoms with E-state index in [0.717, 1.165) is 6.42 Å². The number of aliphatic carboxylic acids is 1. The Balaban J connectivity index is 2.10. The van der Waals surface area contributed by atoms with Crippen LogP contribution in [0.15, 0.2) is 0 Å². The number of ether oxygens (including phenoxy) is 1. The third-order valence-corrected chi connectivity index (χ3v) is 4.68. The first-order chi connectivity index (χ1) is 8.65. The van der Waals surface area contributed by atoms with Gasteiger partial charge in [-0.1, -0.05) is 6.92 Å². The second kappa shape index (κ2) is 5.79. The maximum atomic E-state index is 12.4. The largest absolute Gasteiger partial charge is 0.480 e. The third kappa shape index (κ3) is 2.56. The number of carbonyl (C=O) groups excluding carboxylic acids is 1. The van der Waals surface area contributed by atoms with Crippen LogP contribution in [0.4, 0.5) is 4.79 Å². The molecule has 1 N–H and O–H groups in total. The van der Waals surface area contributed by atoms with Gasteiger partial charge in [0, 0.05) is 18.8 Å². The minimum absolute atomic E-state index is 0.0264. The van der Waals surface area contributed by atoms with Crippen molar-refractivity contribution < 1.29 is 19.4 Å². The number of carboxylic acid groups (broad SMARTS) is 1. The number of hydrogen-bond acceptors (Lipinski definition) is 4. The van der Waals surface area contributed by atoms with Gasteiger partial charge in [-0.25, -0.2) is 9.59 Å². The lowest BCUT2D eigenvalue weighted by atomic mass is 10.2. The number of urea groups is 1. The Bertz CT molecular complexity index is 333. The SMILES string of the molecule is CCC1SCC(C(=O)O)N1C(=O)N1CCOCC1. The maximum Gasteiger partial charge on any atom is 0.327 e. The molecule has 0 bridgehead atoms. The van der Waals surface area contributed by atoms with E-state index < -0.39 is 12.0 Å². The molecule has 0 aliphatic carbocycles. The second-order valence-corrected chi connectivity index (χ2v) is 5.55. The minimum atomic E-state index is -0.917. The molecule has 2 aliphatic rings. The van der Waals surface area contributed by atoms with Crippen molar-refractivity contribution in [2.24, 2.45) is 0 Å². The van der Waals surface area contributed by atoms with Crippen LogP contribution in [0.2, 0.25) is 0 Å². The molecule has 2 unspecified atom stereocenters. The van der Waals surface area contributed by atoms with Gasteiger partial charge in [-0.15, -0.1) is 11.8 Å². The van der Waals surface area contributed by atoms with Crippen molar-refractivity contribution in [2.75, 3.05) is 32.1 Å². The lowest BCUT2D eigenvalue weighted by Crippen LogP contribution is -2.54. The van der Waals surface area contributed by atoms with E-state index in [4.69, 9.17) is 4.74 Å². The summed E-state index contributed by atoms with van der Waals surface area (Å²) in [6.45, 7) is 4.12. The first-order valence-electron chi connectivity index (χ1n) is 6.14. The Morgan fingerprint density at radius 2 is 2.06 bits per heavy atom. The molecule has 18 heavy (non-hydrogen) atoms. The van der Waals surface area contributed by atoms with E-state index >= 15 is 0 Å². The first-order valence-corrected chi connectivity index (χ1v) is 7.19. The number of nitrogens with zero attached hydrogens (tertiary/aromatic N) is 2. The molecule has 7 heteroatoms. The molecule has 0 saturated carbocycles. The van der Waals surface area contributed by atoms with Crippen molar-refractivity contribution in [2.45, 2.75) is 24.8 Å². The number of morpholine rings is 1. The van der Waals surface area contributed by atoms with Gasteiger partial charge in [0.15, 0.2) is 0 Å². The molecule has 2 amide bonds. The van der Waals surface area contributed by atoms with Gasteiger partial charge in [-0.05, 0) is 6.42 Å². The number of hydrogen-bond donors (Lipinski definition) is 1. The molecule has 2 rings (SSSR count). The van der Waals surface area contributed by atoms with Gasteiger partial charge in [-0.2, -0.15) is 0 Å². The van der Waals surface area contributed by atoms with Crippen LogP contribution in [0.5, 0.6) is 0 Å². The summed E-state index contributed by atoms with van der Waals surface area (Å²) in [5.74, 6) is -0.441. The van der Waals surface area contributed by atoms with Crippen LogP contribution >= 0.6 is 11.8 Å². The molecule has 2 heterocycles. The molecule has 0 radical (unpaired) electrons. The molecule has 0 spiro atoms. The molecular weight excluding hydrogens is 256 g/mol. The molecule has 2 fully saturated rings. The Morgan fingerprint density at radius 1 is 1.39 bits per heavy atom. The van der Waals surface area contributed by atoms with E-state index in [2.05, 4.69) is 0 Å². The fourth-order valence-corrected chi connectivity index (χ4v) is 3.58. The second-order valence-electron chi connectivity index (χ2n) is 4.34. The van der Waals surface area contributed by atoms with Crippen molar-refractivity contribution >= 4 is 23.8 Å². The molecule has 0 aromatic rings. The highest BCUT2D eigenvalue weighted by molar-refractivity contribution is 8.00. The predicted molar refractivity (Wildman–Crippen MR) is 67.6 cm³/mol. The summed E-state index contributed by atoms with van der Waals surface area (Å²) >= 11 is 1.55. The van der Waals surface area contributed by atoms with Crippen LogP contribution in [0.25, 0.3) is 0 Å². The smallest absolute Gasteiger partial charge is 0.327 e. The van der Waals surface area contributed by atoms with E-state index in [0.29, 0.717) is 32.1 Å². The number of amides is 2. The Morgan fingerprint density at radius 3 is 2.61 bits per heavy atom. The molecule has 2 atom stereocenters. The summed E-state index contributed by atoms with van der Waals surface area (Å²) < 4.78 is 5.21. The fraction of sp³-hybridized carbons (Fsp3) is 0.818. The predicted octanol–water partition coefficient (Wildman–Crippen LogP) is 0.677. The van der Waals surface area contributed by atoms with E-state index in [1.54, 1.807) is 16.7 Å².